The van der Waals surface area contributed by atoms with E-state index in [9.17, 15) is 9.59 Å². The van der Waals surface area contributed by atoms with Gasteiger partial charge in [0.05, 0.1) is 18.7 Å². The zero-order chi connectivity index (χ0) is 21.8. The highest BCUT2D eigenvalue weighted by Gasteiger charge is 2.20. The molecule has 0 radical (unpaired) electrons. The van der Waals surface area contributed by atoms with Crippen molar-refractivity contribution >= 4 is 38.4 Å². The van der Waals surface area contributed by atoms with E-state index in [1.807, 2.05) is 48.7 Å². The summed E-state index contributed by atoms with van der Waals surface area (Å²) in [6.45, 7) is 6.62. The van der Waals surface area contributed by atoms with Crippen molar-refractivity contribution in [2.75, 3.05) is 38.0 Å². The maximum absolute atomic E-state index is 12.5. The van der Waals surface area contributed by atoms with Crippen molar-refractivity contribution in [1.29, 1.82) is 0 Å². The molecule has 1 fully saturated rings. The minimum atomic E-state index is 0.0321. The topological polar surface area (TPSA) is 57.6 Å². The van der Waals surface area contributed by atoms with E-state index in [1.54, 1.807) is 6.07 Å². The quantitative estimate of drug-likeness (QED) is 0.583. The Morgan fingerprint density at radius 1 is 1.00 bits per heavy atom. The number of nitrogens with zero attached hydrogens (tertiary/aromatic N) is 3. The van der Waals surface area contributed by atoms with Gasteiger partial charge in [0.1, 0.15) is 0 Å². The number of hydrogen-bond donors (Lipinski definition) is 1. The number of aryl methyl sites for hydroxylation is 1. The predicted octanol–water partition coefficient (Wildman–Crippen LogP) is 3.54. The van der Waals surface area contributed by atoms with Crippen LogP contribution >= 0.6 is 15.9 Å². The Labute approximate surface area is 190 Å². The molecule has 31 heavy (non-hydrogen) atoms. The monoisotopic (exact) mass is 482 g/mol. The van der Waals surface area contributed by atoms with Gasteiger partial charge in [0, 0.05) is 54.0 Å². The zero-order valence-electron chi connectivity index (χ0n) is 17.7. The average molecular weight is 483 g/mol. The second kappa shape index (κ2) is 9.77. The van der Waals surface area contributed by atoms with E-state index in [0.29, 0.717) is 13.2 Å². The molecule has 1 aliphatic heterocycles. The second-order valence-electron chi connectivity index (χ2n) is 7.88. The number of aromatic nitrogens is 1. The zero-order valence-corrected chi connectivity index (χ0v) is 19.3. The third-order valence-corrected chi connectivity index (χ3v) is 6.44. The molecule has 0 saturated carbocycles. The van der Waals surface area contributed by atoms with Crippen molar-refractivity contribution < 1.29 is 4.79 Å². The highest BCUT2D eigenvalue weighted by molar-refractivity contribution is 9.10. The number of carbonyl (C=O) groups is 1. The van der Waals surface area contributed by atoms with Gasteiger partial charge in [0.25, 0.3) is 0 Å². The summed E-state index contributed by atoms with van der Waals surface area (Å²) in [6.07, 6.45) is 2.76. The van der Waals surface area contributed by atoms with Gasteiger partial charge in [-0.1, -0.05) is 31.2 Å². The van der Waals surface area contributed by atoms with Crippen LogP contribution in [-0.4, -0.2) is 53.0 Å². The van der Waals surface area contributed by atoms with Crippen LogP contribution in [0.4, 0.5) is 5.69 Å². The van der Waals surface area contributed by atoms with Gasteiger partial charge in [-0.25, -0.2) is 0 Å². The van der Waals surface area contributed by atoms with Crippen molar-refractivity contribution in [1.82, 2.24) is 14.4 Å². The van der Waals surface area contributed by atoms with Crippen LogP contribution in [0.15, 0.2) is 64.0 Å². The van der Waals surface area contributed by atoms with Crippen LogP contribution in [0.2, 0.25) is 0 Å². The van der Waals surface area contributed by atoms with Crippen LogP contribution in [0.1, 0.15) is 12.5 Å². The smallest absolute Gasteiger partial charge is 0.238 e. The number of anilines is 1. The van der Waals surface area contributed by atoms with Crippen LogP contribution in [0, 0.1) is 0 Å². The molecule has 3 aromatic rings. The summed E-state index contributed by atoms with van der Waals surface area (Å²) < 4.78 is 3.04. The minimum absolute atomic E-state index is 0.0321. The van der Waals surface area contributed by atoms with Crippen molar-refractivity contribution in [3.63, 3.8) is 0 Å². The van der Waals surface area contributed by atoms with Crippen molar-refractivity contribution in [2.45, 2.75) is 20.0 Å². The lowest BCUT2D eigenvalue weighted by Crippen LogP contribution is -2.48. The van der Waals surface area contributed by atoms with Crippen LogP contribution in [0.25, 0.3) is 10.9 Å². The van der Waals surface area contributed by atoms with E-state index in [4.69, 9.17) is 0 Å². The van der Waals surface area contributed by atoms with Gasteiger partial charge in [-0.3, -0.25) is 19.4 Å². The number of halogens is 1. The highest BCUT2D eigenvalue weighted by atomic mass is 79.9. The largest absolute Gasteiger partial charge is 0.333 e. The number of fused-ring (bicyclic) bond motifs is 1. The number of nitrogens with one attached hydrogen (secondary N) is 1. The molecule has 1 aromatic heterocycles. The second-order valence-corrected chi connectivity index (χ2v) is 8.73. The summed E-state index contributed by atoms with van der Waals surface area (Å²) in [7, 11) is 0. The van der Waals surface area contributed by atoms with Gasteiger partial charge in [0.2, 0.25) is 5.91 Å². The van der Waals surface area contributed by atoms with Gasteiger partial charge in [0.15, 0.2) is 5.43 Å². The van der Waals surface area contributed by atoms with Crippen molar-refractivity contribution in [3.05, 3.63) is 75.0 Å². The fraction of sp³-hybridized carbons (Fsp3) is 0.333. The number of amides is 1. The first-order valence-electron chi connectivity index (χ1n) is 10.7. The van der Waals surface area contributed by atoms with Crippen molar-refractivity contribution in [3.8, 4) is 0 Å². The molecule has 4 rings (SSSR count). The van der Waals surface area contributed by atoms with Crippen LogP contribution < -0.4 is 10.7 Å². The van der Waals surface area contributed by atoms with Gasteiger partial charge in [-0.05, 0) is 46.1 Å². The molecule has 0 bridgehead atoms. The number of piperazine rings is 1. The van der Waals surface area contributed by atoms with E-state index in [1.165, 1.54) is 0 Å². The number of carbonyl (C=O) groups excluding carboxylic acids is 1. The van der Waals surface area contributed by atoms with Crippen molar-refractivity contribution in [2.24, 2.45) is 0 Å². The molecule has 1 aliphatic rings. The lowest BCUT2D eigenvalue weighted by Gasteiger charge is -2.35. The molecule has 1 saturated heterocycles. The molecular formula is C24H27BrN4O2. The Hall–Kier alpha value is -2.48. The van der Waals surface area contributed by atoms with E-state index in [2.05, 4.69) is 42.5 Å². The third-order valence-electron chi connectivity index (χ3n) is 5.80. The van der Waals surface area contributed by atoms with Crippen LogP contribution in [0.5, 0.6) is 0 Å². The first kappa shape index (κ1) is 21.7. The minimum Gasteiger partial charge on any atom is -0.333 e. The first-order valence-corrected chi connectivity index (χ1v) is 11.4. The van der Waals surface area contributed by atoms with E-state index in [-0.39, 0.29) is 11.3 Å². The fourth-order valence-electron chi connectivity index (χ4n) is 4.09. The van der Waals surface area contributed by atoms with Gasteiger partial charge in [-0.2, -0.15) is 0 Å². The molecule has 162 valence electrons. The third kappa shape index (κ3) is 5.06. The molecule has 2 heterocycles. The molecular weight excluding hydrogens is 456 g/mol. The number of para-hydroxylation sites is 2. The lowest BCUT2D eigenvalue weighted by atomic mass is 10.1. The molecule has 2 aromatic carbocycles. The molecule has 7 heteroatoms. The Morgan fingerprint density at radius 2 is 1.74 bits per heavy atom. The van der Waals surface area contributed by atoms with E-state index in [0.717, 1.165) is 59.2 Å². The number of hydrogen-bond acceptors (Lipinski definition) is 4. The normalized spacial score (nSPS) is 15.3. The Morgan fingerprint density at radius 3 is 2.52 bits per heavy atom. The SMILES string of the molecule is CCc1ccccc1NC(=O)CN1CCN(Cn2ccc(=O)c3cccc(Br)c32)CC1. The summed E-state index contributed by atoms with van der Waals surface area (Å²) >= 11 is 3.59. The Balaban J connectivity index is 1.34. The maximum Gasteiger partial charge on any atom is 0.238 e. The van der Waals surface area contributed by atoms with Gasteiger partial charge < -0.3 is 9.88 Å². The number of benzene rings is 2. The molecule has 1 amide bonds. The fourth-order valence-corrected chi connectivity index (χ4v) is 4.69. The van der Waals surface area contributed by atoms with Gasteiger partial charge in [-0.15, -0.1) is 0 Å². The summed E-state index contributed by atoms with van der Waals surface area (Å²) in [5.74, 6) is 0.0321. The van der Waals surface area contributed by atoms with Crippen LogP contribution in [-0.2, 0) is 17.9 Å². The number of rotatable bonds is 6. The summed E-state index contributed by atoms with van der Waals surface area (Å²) in [6, 6.07) is 15.3. The summed E-state index contributed by atoms with van der Waals surface area (Å²) in [5.41, 5.74) is 3.02. The molecule has 0 unspecified atom stereocenters. The molecule has 6 nitrogen and oxygen atoms in total. The standard InChI is InChI=1S/C24H27BrN4O2/c1-2-18-6-3-4-9-21(18)26-23(31)16-27-12-14-28(15-13-27)17-29-11-10-22(30)19-7-5-8-20(25)24(19)29/h3-11H,2,12-17H2,1H3,(H,26,31). The van der Waals surface area contributed by atoms with E-state index < -0.39 is 0 Å². The molecule has 0 spiro atoms. The summed E-state index contributed by atoms with van der Waals surface area (Å²) in [4.78, 5) is 29.3. The molecule has 1 N–H and O–H groups in total. The Bertz CT molecular complexity index is 1140. The molecule has 0 atom stereocenters. The highest BCUT2D eigenvalue weighted by Crippen LogP contribution is 2.22. The lowest BCUT2D eigenvalue weighted by molar-refractivity contribution is -0.117. The predicted molar refractivity (Wildman–Crippen MR) is 128 cm³/mol. The van der Waals surface area contributed by atoms with E-state index >= 15 is 0 Å². The first-order chi connectivity index (χ1) is 15.0. The number of pyridine rings is 1. The van der Waals surface area contributed by atoms with Gasteiger partial charge >= 0.3 is 0 Å². The molecule has 0 aliphatic carbocycles. The average Bonchev–Trinajstić information content (AvgIpc) is 2.77. The van der Waals surface area contributed by atoms with Crippen LogP contribution in [0.3, 0.4) is 0 Å². The Kier molecular flexibility index (Phi) is 6.85. The maximum atomic E-state index is 12.5. The summed E-state index contributed by atoms with van der Waals surface area (Å²) in [5, 5.41) is 3.78.